The Kier molecular flexibility index (Phi) is 7.57. The summed E-state index contributed by atoms with van der Waals surface area (Å²) in [4.78, 5) is 27.2. The minimum atomic E-state index is -0.556. The molecule has 160 valence electrons. The van der Waals surface area contributed by atoms with Gasteiger partial charge in [0.1, 0.15) is 19.3 Å². The molecule has 0 fully saturated rings. The van der Waals surface area contributed by atoms with E-state index >= 15 is 0 Å². The van der Waals surface area contributed by atoms with Crippen LogP contribution in [0.4, 0.5) is 0 Å². The third kappa shape index (κ3) is 5.25. The molecule has 2 aromatic rings. The lowest BCUT2D eigenvalue weighted by Gasteiger charge is -2.30. The quantitative estimate of drug-likeness (QED) is 0.694. The van der Waals surface area contributed by atoms with Crippen LogP contribution in [0.15, 0.2) is 42.5 Å². The topological polar surface area (TPSA) is 67.9 Å². The molecule has 1 N–H and O–H groups in total. The first kappa shape index (κ1) is 22.0. The maximum absolute atomic E-state index is 13.2. The van der Waals surface area contributed by atoms with E-state index in [-0.39, 0.29) is 24.8 Å². The van der Waals surface area contributed by atoms with Gasteiger partial charge in [0.2, 0.25) is 11.8 Å². The van der Waals surface area contributed by atoms with Crippen molar-refractivity contribution in [3.63, 3.8) is 0 Å². The molecule has 1 atom stereocenters. The fourth-order valence-electron chi connectivity index (χ4n) is 3.53. The Bertz CT molecular complexity index is 903. The van der Waals surface area contributed by atoms with E-state index in [0.717, 1.165) is 16.9 Å². The van der Waals surface area contributed by atoms with E-state index in [2.05, 4.69) is 5.32 Å². The van der Waals surface area contributed by atoms with Crippen LogP contribution >= 0.6 is 11.6 Å². The predicted molar refractivity (Wildman–Crippen MR) is 116 cm³/mol. The number of amides is 2. The third-order valence-electron chi connectivity index (χ3n) is 5.16. The molecule has 0 spiro atoms. The molecule has 0 aliphatic carbocycles. The first-order valence-corrected chi connectivity index (χ1v) is 10.5. The highest BCUT2D eigenvalue weighted by Crippen LogP contribution is 2.31. The number of nitrogens with zero attached hydrogens (tertiary/aromatic N) is 1. The van der Waals surface area contributed by atoms with Crippen molar-refractivity contribution in [2.75, 3.05) is 20.3 Å². The number of benzene rings is 2. The lowest BCUT2D eigenvalue weighted by Crippen LogP contribution is -2.48. The maximum Gasteiger partial charge on any atom is 0.242 e. The lowest BCUT2D eigenvalue weighted by atomic mass is 10.1. The van der Waals surface area contributed by atoms with Crippen LogP contribution < -0.4 is 14.8 Å². The highest BCUT2D eigenvalue weighted by molar-refractivity contribution is 6.31. The number of likely N-dealkylation sites (N-methyl/N-ethyl adjacent to an activating group) is 1. The molecule has 30 heavy (non-hydrogen) atoms. The number of hydrogen-bond donors (Lipinski definition) is 1. The lowest BCUT2D eigenvalue weighted by molar-refractivity contribution is -0.141. The zero-order valence-corrected chi connectivity index (χ0v) is 18.1. The minimum Gasteiger partial charge on any atom is -0.486 e. The average molecular weight is 431 g/mol. The smallest absolute Gasteiger partial charge is 0.242 e. The summed E-state index contributed by atoms with van der Waals surface area (Å²) in [7, 11) is 1.58. The monoisotopic (exact) mass is 430 g/mol. The Morgan fingerprint density at radius 2 is 1.87 bits per heavy atom. The second-order valence-electron chi connectivity index (χ2n) is 7.13. The number of halogens is 1. The zero-order chi connectivity index (χ0) is 21.5. The fourth-order valence-corrected chi connectivity index (χ4v) is 3.73. The molecular formula is C23H27ClN2O4. The summed E-state index contributed by atoms with van der Waals surface area (Å²) in [5, 5.41) is 3.24. The van der Waals surface area contributed by atoms with E-state index < -0.39 is 6.04 Å². The van der Waals surface area contributed by atoms with Crippen molar-refractivity contribution in [2.24, 2.45) is 0 Å². The van der Waals surface area contributed by atoms with Crippen LogP contribution in [-0.4, -0.2) is 43.0 Å². The third-order valence-corrected chi connectivity index (χ3v) is 5.53. The van der Waals surface area contributed by atoms with Gasteiger partial charge < -0.3 is 19.7 Å². The molecule has 7 heteroatoms. The Morgan fingerprint density at radius 3 is 2.57 bits per heavy atom. The van der Waals surface area contributed by atoms with Crippen LogP contribution in [0.3, 0.4) is 0 Å². The summed E-state index contributed by atoms with van der Waals surface area (Å²) < 4.78 is 11.2. The Balaban J connectivity index is 1.75. The highest BCUT2D eigenvalue weighted by atomic mass is 35.5. The normalized spacial score (nSPS) is 13.4. The van der Waals surface area contributed by atoms with Gasteiger partial charge in [0.05, 0.1) is 0 Å². The minimum absolute atomic E-state index is 0.0970. The highest BCUT2D eigenvalue weighted by Gasteiger charge is 2.28. The summed E-state index contributed by atoms with van der Waals surface area (Å²) in [6.45, 7) is 3.24. The van der Waals surface area contributed by atoms with Crippen molar-refractivity contribution < 1.29 is 19.1 Å². The van der Waals surface area contributed by atoms with E-state index in [0.29, 0.717) is 36.8 Å². The summed E-state index contributed by atoms with van der Waals surface area (Å²) in [6.07, 6.45) is 1.33. The molecule has 0 saturated carbocycles. The van der Waals surface area contributed by atoms with Crippen molar-refractivity contribution in [2.45, 2.75) is 38.8 Å². The molecule has 1 unspecified atom stereocenters. The Labute approximate surface area is 182 Å². The number of ether oxygens (including phenoxy) is 2. The van der Waals surface area contributed by atoms with Gasteiger partial charge in [0.25, 0.3) is 0 Å². The number of carbonyl (C=O) groups is 2. The number of aryl methyl sites for hydroxylation is 1. The standard InChI is InChI=1S/C23H27ClN2O4/c1-3-19(23(28)25-2)26(15-17-6-4-5-7-18(17)24)22(27)11-9-16-8-10-20-21(14-16)30-13-12-29-20/h4-8,10,14,19H,3,9,11-13,15H2,1-2H3,(H,25,28). The van der Waals surface area contributed by atoms with Crippen molar-refractivity contribution in [1.29, 1.82) is 0 Å². The van der Waals surface area contributed by atoms with E-state index in [1.54, 1.807) is 18.0 Å². The molecule has 0 saturated heterocycles. The van der Waals surface area contributed by atoms with Gasteiger partial charge >= 0.3 is 0 Å². The number of fused-ring (bicyclic) bond motifs is 1. The van der Waals surface area contributed by atoms with Crippen LogP contribution in [0, 0.1) is 0 Å². The van der Waals surface area contributed by atoms with Gasteiger partial charge in [0.15, 0.2) is 11.5 Å². The predicted octanol–water partition coefficient (Wildman–Crippen LogP) is 3.60. The summed E-state index contributed by atoms with van der Waals surface area (Å²) in [5.74, 6) is 1.15. The van der Waals surface area contributed by atoms with E-state index in [4.69, 9.17) is 21.1 Å². The zero-order valence-electron chi connectivity index (χ0n) is 17.3. The van der Waals surface area contributed by atoms with Crippen molar-refractivity contribution in [1.82, 2.24) is 10.2 Å². The van der Waals surface area contributed by atoms with E-state index in [9.17, 15) is 9.59 Å². The summed E-state index contributed by atoms with van der Waals surface area (Å²) >= 11 is 6.31. The molecule has 0 radical (unpaired) electrons. The molecule has 2 aromatic carbocycles. The Morgan fingerprint density at radius 1 is 1.13 bits per heavy atom. The van der Waals surface area contributed by atoms with Gasteiger partial charge in [-0.3, -0.25) is 9.59 Å². The molecule has 0 bridgehead atoms. The van der Waals surface area contributed by atoms with Crippen LogP contribution in [0.2, 0.25) is 5.02 Å². The van der Waals surface area contributed by atoms with Gasteiger partial charge in [-0.05, 0) is 42.2 Å². The summed E-state index contributed by atoms with van der Waals surface area (Å²) in [6, 6.07) is 12.5. The second kappa shape index (κ2) is 10.3. The van der Waals surface area contributed by atoms with Crippen molar-refractivity contribution in [3.8, 4) is 11.5 Å². The molecule has 3 rings (SSSR count). The molecule has 0 aromatic heterocycles. The number of carbonyl (C=O) groups excluding carboxylic acids is 2. The molecule has 1 heterocycles. The average Bonchev–Trinajstić information content (AvgIpc) is 2.78. The van der Waals surface area contributed by atoms with E-state index in [1.807, 2.05) is 43.3 Å². The van der Waals surface area contributed by atoms with Crippen LogP contribution in [-0.2, 0) is 22.6 Å². The van der Waals surface area contributed by atoms with Gasteiger partial charge in [-0.25, -0.2) is 0 Å². The first-order valence-electron chi connectivity index (χ1n) is 10.2. The molecule has 2 amide bonds. The van der Waals surface area contributed by atoms with Gasteiger partial charge in [-0.15, -0.1) is 0 Å². The molecule has 1 aliphatic heterocycles. The fraction of sp³-hybridized carbons (Fsp3) is 0.391. The van der Waals surface area contributed by atoms with E-state index in [1.165, 1.54) is 0 Å². The summed E-state index contributed by atoms with van der Waals surface area (Å²) in [5.41, 5.74) is 1.80. The van der Waals surface area contributed by atoms with Gasteiger partial charge in [0, 0.05) is 25.0 Å². The van der Waals surface area contributed by atoms with Gasteiger partial charge in [-0.2, -0.15) is 0 Å². The van der Waals surface area contributed by atoms with Crippen molar-refractivity contribution >= 4 is 23.4 Å². The molecule has 1 aliphatic rings. The molecule has 6 nitrogen and oxygen atoms in total. The van der Waals surface area contributed by atoms with Crippen LogP contribution in [0.25, 0.3) is 0 Å². The number of rotatable bonds is 8. The largest absolute Gasteiger partial charge is 0.486 e. The number of nitrogens with one attached hydrogen (secondary N) is 1. The number of hydrogen-bond acceptors (Lipinski definition) is 4. The Hall–Kier alpha value is -2.73. The maximum atomic E-state index is 13.2. The SMILES string of the molecule is CCC(C(=O)NC)N(Cc1ccccc1Cl)C(=O)CCc1ccc2c(c1)OCCO2. The first-order chi connectivity index (χ1) is 14.5. The van der Waals surface area contributed by atoms with Crippen LogP contribution in [0.5, 0.6) is 11.5 Å². The van der Waals surface area contributed by atoms with Gasteiger partial charge in [-0.1, -0.05) is 42.8 Å². The van der Waals surface area contributed by atoms with Crippen LogP contribution in [0.1, 0.15) is 30.9 Å². The van der Waals surface area contributed by atoms with Crippen molar-refractivity contribution in [3.05, 3.63) is 58.6 Å². The molecular weight excluding hydrogens is 404 g/mol. The second-order valence-corrected chi connectivity index (χ2v) is 7.54.